The zero-order chi connectivity index (χ0) is 19.3. The van der Waals surface area contributed by atoms with Crippen LogP contribution in [0.1, 0.15) is 12.5 Å². The van der Waals surface area contributed by atoms with Gasteiger partial charge in [0.05, 0.1) is 22.1 Å². The average molecular weight is 397 g/mol. The molecule has 2 rings (SSSR count). The Kier molecular flexibility index (Phi) is 6.54. The number of ether oxygens (including phenoxy) is 1. The Hall–Kier alpha value is -2.64. The first-order valence-corrected chi connectivity index (χ1v) is 8.21. The van der Waals surface area contributed by atoms with Crippen LogP contribution in [0.2, 0.25) is 10.0 Å². The lowest BCUT2D eigenvalue weighted by molar-refractivity contribution is -0.385. The Labute approximate surface area is 159 Å². The number of rotatable bonds is 6. The van der Waals surface area contributed by atoms with Crippen LogP contribution in [0.4, 0.5) is 11.4 Å². The van der Waals surface area contributed by atoms with Crippen LogP contribution in [0, 0.1) is 10.1 Å². The summed E-state index contributed by atoms with van der Waals surface area (Å²) < 4.78 is 5.04. The number of para-hydroxylation sites is 1. The van der Waals surface area contributed by atoms with E-state index in [9.17, 15) is 19.7 Å². The zero-order valence-corrected chi connectivity index (χ0v) is 15.1. The average Bonchev–Trinajstić information content (AvgIpc) is 2.57. The fraction of sp³-hybridized carbons (Fsp3) is 0.176. The van der Waals surface area contributed by atoms with Crippen LogP contribution in [-0.2, 0) is 20.7 Å². The maximum absolute atomic E-state index is 12.1. The summed E-state index contributed by atoms with van der Waals surface area (Å²) in [5.74, 6) is -1.35. The highest BCUT2D eigenvalue weighted by atomic mass is 35.5. The van der Waals surface area contributed by atoms with Crippen LogP contribution >= 0.6 is 23.2 Å². The van der Waals surface area contributed by atoms with Gasteiger partial charge >= 0.3 is 5.97 Å². The summed E-state index contributed by atoms with van der Waals surface area (Å²) in [6, 6.07) is 10.4. The Morgan fingerprint density at radius 3 is 2.58 bits per heavy atom. The number of nitro benzene ring substituents is 1. The van der Waals surface area contributed by atoms with Crippen LogP contribution in [0.3, 0.4) is 0 Å². The lowest BCUT2D eigenvalue weighted by Gasteiger charge is -2.14. The molecule has 0 spiro atoms. The van der Waals surface area contributed by atoms with Gasteiger partial charge in [0, 0.05) is 16.7 Å². The topological polar surface area (TPSA) is 98.5 Å². The lowest BCUT2D eigenvalue weighted by atomic mass is 10.1. The summed E-state index contributed by atoms with van der Waals surface area (Å²) in [5.41, 5.74) is 0.341. The second kappa shape index (κ2) is 8.64. The van der Waals surface area contributed by atoms with Crippen LogP contribution in [0.15, 0.2) is 42.5 Å². The maximum atomic E-state index is 12.1. The molecule has 0 saturated heterocycles. The number of nitro groups is 1. The van der Waals surface area contributed by atoms with Crippen molar-refractivity contribution in [3.05, 3.63) is 68.2 Å². The number of anilines is 1. The van der Waals surface area contributed by atoms with Crippen molar-refractivity contribution in [1.29, 1.82) is 0 Å². The van der Waals surface area contributed by atoms with Crippen molar-refractivity contribution in [3.8, 4) is 0 Å². The first-order valence-electron chi connectivity index (χ1n) is 7.45. The molecule has 0 radical (unpaired) electrons. The van der Waals surface area contributed by atoms with Gasteiger partial charge in [-0.2, -0.15) is 0 Å². The van der Waals surface area contributed by atoms with Gasteiger partial charge in [-0.05, 0) is 25.1 Å². The normalized spacial score (nSPS) is 11.5. The van der Waals surface area contributed by atoms with Crippen molar-refractivity contribution in [2.45, 2.75) is 19.4 Å². The number of nitrogens with one attached hydrogen (secondary N) is 1. The van der Waals surface area contributed by atoms with Gasteiger partial charge in [-0.15, -0.1) is 0 Å². The molecule has 0 aliphatic rings. The molecule has 1 atom stereocenters. The Morgan fingerprint density at radius 1 is 1.23 bits per heavy atom. The van der Waals surface area contributed by atoms with Gasteiger partial charge in [0.15, 0.2) is 6.10 Å². The standard InChI is InChI=1S/C17H14Cl2N2O5/c1-10(17(23)20-14-7-6-12(18)9-13(14)19)26-16(22)8-11-4-2-3-5-15(11)21(24)25/h2-7,9-10H,8H2,1H3,(H,20,23)/t10-/m1/s1. The molecule has 0 aromatic heterocycles. The summed E-state index contributed by atoms with van der Waals surface area (Å²) in [4.78, 5) is 34.5. The monoisotopic (exact) mass is 396 g/mol. The van der Waals surface area contributed by atoms with E-state index in [1.165, 1.54) is 37.3 Å². The highest BCUT2D eigenvalue weighted by Gasteiger charge is 2.21. The molecule has 0 saturated carbocycles. The Morgan fingerprint density at radius 2 is 1.92 bits per heavy atom. The molecule has 26 heavy (non-hydrogen) atoms. The summed E-state index contributed by atoms with van der Waals surface area (Å²) in [5, 5.41) is 14.1. The predicted molar refractivity (Wildman–Crippen MR) is 97.4 cm³/mol. The van der Waals surface area contributed by atoms with Gasteiger partial charge in [0.2, 0.25) is 0 Å². The quantitative estimate of drug-likeness (QED) is 0.451. The van der Waals surface area contributed by atoms with Crippen molar-refractivity contribution in [2.24, 2.45) is 0 Å². The minimum Gasteiger partial charge on any atom is -0.452 e. The van der Waals surface area contributed by atoms with E-state index in [1.54, 1.807) is 12.1 Å². The number of amides is 1. The number of carbonyl (C=O) groups excluding carboxylic acids is 2. The second-order valence-corrected chi connectivity index (χ2v) is 6.15. The number of benzene rings is 2. The van der Waals surface area contributed by atoms with Gasteiger partial charge in [-0.25, -0.2) is 0 Å². The second-order valence-electron chi connectivity index (χ2n) is 5.31. The molecular formula is C17H14Cl2N2O5. The van der Waals surface area contributed by atoms with Crippen molar-refractivity contribution in [2.75, 3.05) is 5.32 Å². The number of hydrogen-bond donors (Lipinski definition) is 1. The molecule has 0 fully saturated rings. The summed E-state index contributed by atoms with van der Waals surface area (Å²) >= 11 is 11.8. The number of halogens is 2. The minimum absolute atomic E-state index is 0.186. The number of hydrogen-bond acceptors (Lipinski definition) is 5. The highest BCUT2D eigenvalue weighted by molar-refractivity contribution is 6.36. The third kappa shape index (κ3) is 5.18. The smallest absolute Gasteiger partial charge is 0.311 e. The highest BCUT2D eigenvalue weighted by Crippen LogP contribution is 2.25. The van der Waals surface area contributed by atoms with Crippen LogP contribution < -0.4 is 5.32 Å². The van der Waals surface area contributed by atoms with E-state index >= 15 is 0 Å². The molecule has 0 aliphatic carbocycles. The molecule has 0 bridgehead atoms. The van der Waals surface area contributed by atoms with Crippen LogP contribution in [0.25, 0.3) is 0 Å². The molecule has 0 aliphatic heterocycles. The lowest BCUT2D eigenvalue weighted by Crippen LogP contribution is -2.30. The van der Waals surface area contributed by atoms with Crippen molar-refractivity contribution in [3.63, 3.8) is 0 Å². The molecule has 0 unspecified atom stereocenters. The van der Waals surface area contributed by atoms with E-state index in [0.29, 0.717) is 10.7 Å². The number of nitrogens with zero attached hydrogens (tertiary/aromatic N) is 1. The zero-order valence-electron chi connectivity index (χ0n) is 13.6. The molecular weight excluding hydrogens is 383 g/mol. The van der Waals surface area contributed by atoms with Gasteiger partial charge in [0.25, 0.3) is 11.6 Å². The first-order chi connectivity index (χ1) is 12.3. The van der Waals surface area contributed by atoms with Gasteiger partial charge in [0.1, 0.15) is 0 Å². The van der Waals surface area contributed by atoms with E-state index in [2.05, 4.69) is 5.32 Å². The van der Waals surface area contributed by atoms with Crippen molar-refractivity contribution in [1.82, 2.24) is 0 Å². The number of carbonyl (C=O) groups is 2. The third-order valence-electron chi connectivity index (χ3n) is 3.39. The minimum atomic E-state index is -1.11. The Bertz CT molecular complexity index is 857. The summed E-state index contributed by atoms with van der Waals surface area (Å²) in [7, 11) is 0. The fourth-order valence-corrected chi connectivity index (χ4v) is 2.57. The molecule has 9 heteroatoms. The predicted octanol–water partition coefficient (Wildman–Crippen LogP) is 4.01. The van der Waals surface area contributed by atoms with Crippen LogP contribution in [-0.4, -0.2) is 22.9 Å². The SMILES string of the molecule is C[C@@H](OC(=O)Cc1ccccc1[N+](=O)[O-])C(=O)Nc1ccc(Cl)cc1Cl. The molecule has 2 aromatic carbocycles. The molecule has 7 nitrogen and oxygen atoms in total. The van der Waals surface area contributed by atoms with Crippen molar-refractivity contribution >= 4 is 46.5 Å². The molecule has 0 heterocycles. The molecule has 2 aromatic rings. The summed E-state index contributed by atoms with van der Waals surface area (Å²) in [6.45, 7) is 1.39. The fourth-order valence-electron chi connectivity index (χ4n) is 2.11. The molecule has 1 amide bonds. The molecule has 1 N–H and O–H groups in total. The van der Waals surface area contributed by atoms with E-state index in [0.717, 1.165) is 0 Å². The van der Waals surface area contributed by atoms with E-state index in [1.807, 2.05) is 0 Å². The van der Waals surface area contributed by atoms with E-state index in [4.69, 9.17) is 27.9 Å². The summed E-state index contributed by atoms with van der Waals surface area (Å²) in [6.07, 6.45) is -1.44. The van der Waals surface area contributed by atoms with Gasteiger partial charge in [-0.1, -0.05) is 41.4 Å². The van der Waals surface area contributed by atoms with Crippen LogP contribution in [0.5, 0.6) is 0 Å². The third-order valence-corrected chi connectivity index (χ3v) is 3.94. The Balaban J connectivity index is 1.98. The van der Waals surface area contributed by atoms with Gasteiger partial charge < -0.3 is 10.1 Å². The van der Waals surface area contributed by atoms with E-state index in [-0.39, 0.29) is 22.7 Å². The van der Waals surface area contributed by atoms with E-state index < -0.39 is 22.9 Å². The molecule has 136 valence electrons. The maximum Gasteiger partial charge on any atom is 0.311 e. The first kappa shape index (κ1) is 19.7. The number of esters is 1. The van der Waals surface area contributed by atoms with Crippen molar-refractivity contribution < 1.29 is 19.2 Å². The van der Waals surface area contributed by atoms with Gasteiger partial charge in [-0.3, -0.25) is 19.7 Å². The largest absolute Gasteiger partial charge is 0.452 e.